The van der Waals surface area contributed by atoms with Gasteiger partial charge in [0.25, 0.3) is 0 Å². The Morgan fingerprint density at radius 3 is 2.71 bits per heavy atom. The lowest BCUT2D eigenvalue weighted by Crippen LogP contribution is -2.05. The summed E-state index contributed by atoms with van der Waals surface area (Å²) >= 11 is 3.15. The highest BCUT2D eigenvalue weighted by molar-refractivity contribution is 9.10. The zero-order valence-electron chi connectivity index (χ0n) is 9.08. The first kappa shape index (κ1) is 11.9. The van der Waals surface area contributed by atoms with Crippen molar-refractivity contribution in [3.05, 3.63) is 63.6 Å². The Labute approximate surface area is 107 Å². The SMILES string of the molecule is Cc1cncc(C(=O)c2ccc(Br)cc2F)c1. The Kier molecular flexibility index (Phi) is 3.33. The molecule has 0 fully saturated rings. The molecule has 0 bridgehead atoms. The molecule has 0 saturated heterocycles. The van der Waals surface area contributed by atoms with Crippen molar-refractivity contribution in [1.29, 1.82) is 0 Å². The van der Waals surface area contributed by atoms with E-state index in [4.69, 9.17) is 0 Å². The highest BCUT2D eigenvalue weighted by Crippen LogP contribution is 2.18. The van der Waals surface area contributed by atoms with Gasteiger partial charge in [0.05, 0.1) is 5.56 Å². The van der Waals surface area contributed by atoms with Crippen LogP contribution in [0.4, 0.5) is 4.39 Å². The molecule has 0 aliphatic rings. The molecule has 86 valence electrons. The summed E-state index contributed by atoms with van der Waals surface area (Å²) in [7, 11) is 0. The van der Waals surface area contributed by atoms with Crippen LogP contribution in [0.1, 0.15) is 21.5 Å². The number of halogens is 2. The van der Waals surface area contributed by atoms with Gasteiger partial charge in [-0.15, -0.1) is 0 Å². The molecule has 0 aliphatic heterocycles. The van der Waals surface area contributed by atoms with Crippen molar-refractivity contribution in [3.8, 4) is 0 Å². The van der Waals surface area contributed by atoms with E-state index in [0.717, 1.165) is 5.56 Å². The summed E-state index contributed by atoms with van der Waals surface area (Å²) in [4.78, 5) is 16.0. The minimum Gasteiger partial charge on any atom is -0.288 e. The summed E-state index contributed by atoms with van der Waals surface area (Å²) in [6.07, 6.45) is 3.09. The fourth-order valence-electron chi connectivity index (χ4n) is 1.51. The molecular formula is C13H9BrFNO. The van der Waals surface area contributed by atoms with Gasteiger partial charge >= 0.3 is 0 Å². The summed E-state index contributed by atoms with van der Waals surface area (Å²) in [5.41, 5.74) is 1.32. The monoisotopic (exact) mass is 293 g/mol. The van der Waals surface area contributed by atoms with Gasteiger partial charge in [0.2, 0.25) is 0 Å². The smallest absolute Gasteiger partial charge is 0.197 e. The fourth-order valence-corrected chi connectivity index (χ4v) is 1.84. The van der Waals surface area contributed by atoms with Crippen LogP contribution in [-0.2, 0) is 0 Å². The second kappa shape index (κ2) is 4.75. The number of rotatable bonds is 2. The van der Waals surface area contributed by atoms with Gasteiger partial charge < -0.3 is 0 Å². The molecule has 1 aromatic heterocycles. The molecule has 1 heterocycles. The minimum absolute atomic E-state index is 0.0561. The zero-order valence-corrected chi connectivity index (χ0v) is 10.7. The van der Waals surface area contributed by atoms with E-state index >= 15 is 0 Å². The maximum absolute atomic E-state index is 13.6. The number of carbonyl (C=O) groups excluding carboxylic acids is 1. The van der Waals surface area contributed by atoms with E-state index in [2.05, 4.69) is 20.9 Å². The second-order valence-electron chi connectivity index (χ2n) is 3.70. The Hall–Kier alpha value is -1.55. The average molecular weight is 294 g/mol. The molecule has 2 aromatic rings. The normalized spacial score (nSPS) is 10.3. The molecule has 0 N–H and O–H groups in total. The standard InChI is InChI=1S/C13H9BrFNO/c1-8-4-9(7-16-6-8)13(17)11-3-2-10(14)5-12(11)15/h2-7H,1H3. The third kappa shape index (κ3) is 2.58. The molecule has 2 rings (SSSR count). The minimum atomic E-state index is -0.536. The lowest BCUT2D eigenvalue weighted by atomic mass is 10.0. The predicted molar refractivity (Wildman–Crippen MR) is 66.5 cm³/mol. The number of aryl methyl sites for hydroxylation is 1. The van der Waals surface area contributed by atoms with Crippen LogP contribution in [0.25, 0.3) is 0 Å². The number of benzene rings is 1. The van der Waals surface area contributed by atoms with Gasteiger partial charge in [-0.1, -0.05) is 15.9 Å². The second-order valence-corrected chi connectivity index (χ2v) is 4.62. The number of ketones is 1. The predicted octanol–water partition coefficient (Wildman–Crippen LogP) is 3.52. The van der Waals surface area contributed by atoms with Crippen molar-refractivity contribution in [2.45, 2.75) is 6.92 Å². The van der Waals surface area contributed by atoms with E-state index in [1.54, 1.807) is 18.3 Å². The largest absolute Gasteiger partial charge is 0.288 e. The Bertz CT molecular complexity index is 583. The molecule has 0 spiro atoms. The summed E-state index contributed by atoms with van der Waals surface area (Å²) in [6.45, 7) is 1.84. The molecular weight excluding hydrogens is 285 g/mol. The van der Waals surface area contributed by atoms with E-state index in [1.165, 1.54) is 18.3 Å². The van der Waals surface area contributed by atoms with Gasteiger partial charge in [0, 0.05) is 22.4 Å². The molecule has 0 saturated carbocycles. The molecule has 4 heteroatoms. The quantitative estimate of drug-likeness (QED) is 0.793. The lowest BCUT2D eigenvalue weighted by Gasteiger charge is -2.03. The number of pyridine rings is 1. The zero-order chi connectivity index (χ0) is 12.4. The first-order valence-electron chi connectivity index (χ1n) is 4.99. The van der Waals surface area contributed by atoms with Crippen molar-refractivity contribution in [2.75, 3.05) is 0 Å². The number of hydrogen-bond acceptors (Lipinski definition) is 2. The molecule has 1 aromatic carbocycles. The van der Waals surface area contributed by atoms with Crippen molar-refractivity contribution in [3.63, 3.8) is 0 Å². The highest BCUT2D eigenvalue weighted by Gasteiger charge is 2.14. The van der Waals surface area contributed by atoms with Gasteiger partial charge in [-0.3, -0.25) is 9.78 Å². The highest BCUT2D eigenvalue weighted by atomic mass is 79.9. The number of hydrogen-bond donors (Lipinski definition) is 0. The first-order valence-corrected chi connectivity index (χ1v) is 5.78. The average Bonchev–Trinajstić information content (AvgIpc) is 2.28. The van der Waals surface area contributed by atoms with Crippen LogP contribution < -0.4 is 0 Å². The molecule has 0 aliphatic carbocycles. The molecule has 0 atom stereocenters. The van der Waals surface area contributed by atoms with Gasteiger partial charge in [0.15, 0.2) is 5.78 Å². The van der Waals surface area contributed by atoms with Crippen molar-refractivity contribution in [2.24, 2.45) is 0 Å². The van der Waals surface area contributed by atoms with Crippen LogP contribution in [-0.4, -0.2) is 10.8 Å². The van der Waals surface area contributed by atoms with Crippen LogP contribution in [0.2, 0.25) is 0 Å². The number of aromatic nitrogens is 1. The third-order valence-electron chi connectivity index (χ3n) is 2.31. The van der Waals surface area contributed by atoms with Crippen LogP contribution in [0.5, 0.6) is 0 Å². The number of carbonyl (C=O) groups is 1. The fraction of sp³-hybridized carbons (Fsp3) is 0.0769. The van der Waals surface area contributed by atoms with Crippen molar-refractivity contribution < 1.29 is 9.18 Å². The van der Waals surface area contributed by atoms with E-state index in [-0.39, 0.29) is 11.3 Å². The molecule has 0 amide bonds. The summed E-state index contributed by atoms with van der Waals surface area (Å²) in [5, 5.41) is 0. The first-order chi connectivity index (χ1) is 8.08. The Morgan fingerprint density at radius 2 is 2.06 bits per heavy atom. The molecule has 0 unspecified atom stereocenters. The Morgan fingerprint density at radius 1 is 1.29 bits per heavy atom. The van der Waals surface area contributed by atoms with E-state index in [1.807, 2.05) is 6.92 Å². The van der Waals surface area contributed by atoms with Crippen LogP contribution in [0.15, 0.2) is 41.1 Å². The van der Waals surface area contributed by atoms with Crippen LogP contribution in [0, 0.1) is 12.7 Å². The summed E-state index contributed by atoms with van der Waals surface area (Å²) in [6, 6.07) is 6.07. The van der Waals surface area contributed by atoms with Gasteiger partial charge in [-0.05, 0) is 36.8 Å². The number of nitrogens with zero attached hydrogens (tertiary/aromatic N) is 1. The van der Waals surface area contributed by atoms with E-state index in [0.29, 0.717) is 10.0 Å². The van der Waals surface area contributed by atoms with Crippen LogP contribution in [0.3, 0.4) is 0 Å². The topological polar surface area (TPSA) is 30.0 Å². The summed E-state index contributed by atoms with van der Waals surface area (Å²) in [5.74, 6) is -0.892. The van der Waals surface area contributed by atoms with Crippen LogP contribution >= 0.6 is 15.9 Å². The van der Waals surface area contributed by atoms with Crippen molar-refractivity contribution in [1.82, 2.24) is 4.98 Å². The van der Waals surface area contributed by atoms with E-state index in [9.17, 15) is 9.18 Å². The van der Waals surface area contributed by atoms with Gasteiger partial charge in [-0.25, -0.2) is 4.39 Å². The summed E-state index contributed by atoms with van der Waals surface area (Å²) < 4.78 is 14.2. The van der Waals surface area contributed by atoms with E-state index < -0.39 is 5.82 Å². The molecule has 2 nitrogen and oxygen atoms in total. The van der Waals surface area contributed by atoms with Gasteiger partial charge in [0.1, 0.15) is 5.82 Å². The maximum atomic E-state index is 13.6. The van der Waals surface area contributed by atoms with Gasteiger partial charge in [-0.2, -0.15) is 0 Å². The lowest BCUT2D eigenvalue weighted by molar-refractivity contribution is 0.103. The molecule has 0 radical (unpaired) electrons. The van der Waals surface area contributed by atoms with Crippen molar-refractivity contribution >= 4 is 21.7 Å². The maximum Gasteiger partial charge on any atom is 0.197 e. The Balaban J connectivity index is 2.44. The third-order valence-corrected chi connectivity index (χ3v) is 2.81. The molecule has 17 heavy (non-hydrogen) atoms.